The van der Waals surface area contributed by atoms with Crippen LogP contribution in [0.25, 0.3) is 0 Å². The number of rotatable bonds is 3. The molecule has 0 fully saturated rings. The van der Waals surface area contributed by atoms with Crippen LogP contribution in [0.3, 0.4) is 0 Å². The number of nitrogen functional groups attached to an aromatic ring is 1. The summed E-state index contributed by atoms with van der Waals surface area (Å²) in [5.74, 6) is 5.53. The first-order valence-corrected chi connectivity index (χ1v) is 4.74. The normalized spacial score (nSPS) is 9.20. The van der Waals surface area contributed by atoms with Gasteiger partial charge in [0.2, 0.25) is 0 Å². The Hall–Kier alpha value is -1.89. The van der Waals surface area contributed by atoms with E-state index in [1.54, 1.807) is 30.8 Å². The Balaban J connectivity index is 2.52. The zero-order valence-corrected chi connectivity index (χ0v) is 9.00. The molecule has 4 heteroatoms. The Bertz CT molecular complexity index is 409. The first kappa shape index (κ1) is 11.2. The molecule has 80 valence electrons. The molecule has 0 aliphatic heterocycles. The maximum Gasteiger partial charge on any atom is 0.268 e. The molecule has 1 aromatic rings. The van der Waals surface area contributed by atoms with Gasteiger partial charge in [-0.15, -0.1) is 11.8 Å². The average molecular weight is 205 g/mol. The molecule has 0 saturated carbocycles. The molecule has 0 atom stereocenters. The highest BCUT2D eigenvalue weighted by atomic mass is 16.1. The molecule has 1 aromatic heterocycles. The van der Waals surface area contributed by atoms with Crippen molar-refractivity contribution in [2.75, 3.05) is 12.3 Å². The molecule has 15 heavy (non-hydrogen) atoms. The van der Waals surface area contributed by atoms with E-state index in [2.05, 4.69) is 17.2 Å². The number of amides is 1. The number of aryl methyl sites for hydroxylation is 1. The summed E-state index contributed by atoms with van der Waals surface area (Å²) in [7, 11) is 1.79. The van der Waals surface area contributed by atoms with Crippen LogP contribution in [0.5, 0.6) is 0 Å². The summed E-state index contributed by atoms with van der Waals surface area (Å²) < 4.78 is 1.70. The van der Waals surface area contributed by atoms with E-state index >= 15 is 0 Å². The molecule has 1 rings (SSSR count). The standard InChI is InChI=1S/C11H15N3O/c1-3-4-5-6-13-11(15)10-7-9(12)8-14(10)2/h7-8H,5-6,12H2,1-2H3,(H,13,15). The molecular weight excluding hydrogens is 190 g/mol. The number of hydrogen-bond acceptors (Lipinski definition) is 2. The van der Waals surface area contributed by atoms with Crippen LogP contribution in [-0.4, -0.2) is 17.0 Å². The quantitative estimate of drug-likeness (QED) is 0.565. The van der Waals surface area contributed by atoms with Gasteiger partial charge in [-0.3, -0.25) is 4.79 Å². The van der Waals surface area contributed by atoms with Crippen LogP contribution in [-0.2, 0) is 7.05 Å². The average Bonchev–Trinajstić information content (AvgIpc) is 2.52. The second-order valence-electron chi connectivity index (χ2n) is 3.20. The van der Waals surface area contributed by atoms with E-state index < -0.39 is 0 Å². The van der Waals surface area contributed by atoms with Gasteiger partial charge in [0.1, 0.15) is 5.69 Å². The van der Waals surface area contributed by atoms with Crippen LogP contribution in [0.2, 0.25) is 0 Å². The molecule has 0 radical (unpaired) electrons. The van der Waals surface area contributed by atoms with Crippen molar-refractivity contribution in [1.82, 2.24) is 9.88 Å². The van der Waals surface area contributed by atoms with E-state index in [-0.39, 0.29) is 5.91 Å². The maximum absolute atomic E-state index is 11.6. The number of hydrogen-bond donors (Lipinski definition) is 2. The van der Waals surface area contributed by atoms with Crippen LogP contribution in [0, 0.1) is 11.8 Å². The highest BCUT2D eigenvalue weighted by Crippen LogP contribution is 2.07. The van der Waals surface area contributed by atoms with Gasteiger partial charge in [0.05, 0.1) is 5.69 Å². The number of anilines is 1. The van der Waals surface area contributed by atoms with Crippen molar-refractivity contribution >= 4 is 11.6 Å². The van der Waals surface area contributed by atoms with Crippen LogP contribution >= 0.6 is 0 Å². The van der Waals surface area contributed by atoms with Gasteiger partial charge in [-0.1, -0.05) is 0 Å². The topological polar surface area (TPSA) is 60.1 Å². The van der Waals surface area contributed by atoms with Crippen molar-refractivity contribution in [2.45, 2.75) is 13.3 Å². The zero-order chi connectivity index (χ0) is 11.3. The van der Waals surface area contributed by atoms with E-state index in [9.17, 15) is 4.79 Å². The first-order valence-electron chi connectivity index (χ1n) is 4.74. The maximum atomic E-state index is 11.6. The van der Waals surface area contributed by atoms with E-state index in [1.807, 2.05) is 0 Å². The third-order valence-corrected chi connectivity index (χ3v) is 1.97. The zero-order valence-electron chi connectivity index (χ0n) is 9.00. The number of carbonyl (C=O) groups is 1. The molecule has 0 aromatic carbocycles. The van der Waals surface area contributed by atoms with Crippen LogP contribution < -0.4 is 11.1 Å². The lowest BCUT2D eigenvalue weighted by molar-refractivity contribution is 0.0946. The molecular formula is C11H15N3O. The summed E-state index contributed by atoms with van der Waals surface area (Å²) >= 11 is 0. The minimum absolute atomic E-state index is 0.118. The second kappa shape index (κ2) is 5.11. The van der Waals surface area contributed by atoms with E-state index in [4.69, 9.17) is 5.73 Å². The van der Waals surface area contributed by atoms with E-state index in [0.29, 0.717) is 24.3 Å². The second-order valence-corrected chi connectivity index (χ2v) is 3.20. The van der Waals surface area contributed by atoms with Crippen LogP contribution in [0.1, 0.15) is 23.8 Å². The molecule has 0 bridgehead atoms. The molecule has 0 saturated heterocycles. The van der Waals surface area contributed by atoms with Crippen molar-refractivity contribution in [1.29, 1.82) is 0 Å². The summed E-state index contributed by atoms with van der Waals surface area (Å²) in [6.45, 7) is 2.34. The fraction of sp³-hybridized carbons (Fsp3) is 0.364. The molecule has 3 N–H and O–H groups in total. The van der Waals surface area contributed by atoms with Gasteiger partial charge in [-0.25, -0.2) is 0 Å². The molecule has 4 nitrogen and oxygen atoms in total. The smallest absolute Gasteiger partial charge is 0.268 e. The highest BCUT2D eigenvalue weighted by molar-refractivity contribution is 5.93. The van der Waals surface area contributed by atoms with Gasteiger partial charge in [-0.05, 0) is 13.0 Å². The molecule has 0 aliphatic carbocycles. The first-order chi connectivity index (χ1) is 7.15. The molecule has 1 heterocycles. The van der Waals surface area contributed by atoms with Crippen molar-refractivity contribution in [2.24, 2.45) is 7.05 Å². The Labute approximate surface area is 89.5 Å². The monoisotopic (exact) mass is 205 g/mol. The lowest BCUT2D eigenvalue weighted by Crippen LogP contribution is -2.25. The SMILES string of the molecule is CC#CCCNC(=O)c1cc(N)cn1C. The van der Waals surface area contributed by atoms with Gasteiger partial charge in [0, 0.05) is 26.2 Å². The summed E-state index contributed by atoms with van der Waals surface area (Å²) in [6.07, 6.45) is 2.38. The number of nitrogens with two attached hydrogens (primary N) is 1. The Morgan fingerprint density at radius 3 is 2.93 bits per heavy atom. The number of aromatic nitrogens is 1. The van der Waals surface area contributed by atoms with Crippen molar-refractivity contribution < 1.29 is 4.79 Å². The number of nitrogens with one attached hydrogen (secondary N) is 1. The van der Waals surface area contributed by atoms with Gasteiger partial charge in [0.15, 0.2) is 0 Å². The van der Waals surface area contributed by atoms with Crippen LogP contribution in [0.4, 0.5) is 5.69 Å². The number of nitrogens with zero attached hydrogens (tertiary/aromatic N) is 1. The van der Waals surface area contributed by atoms with Crippen molar-refractivity contribution in [3.63, 3.8) is 0 Å². The minimum atomic E-state index is -0.118. The third-order valence-electron chi connectivity index (χ3n) is 1.97. The minimum Gasteiger partial charge on any atom is -0.397 e. The van der Waals surface area contributed by atoms with Gasteiger partial charge < -0.3 is 15.6 Å². The molecule has 0 aliphatic rings. The third kappa shape index (κ3) is 3.06. The Morgan fingerprint density at radius 2 is 2.40 bits per heavy atom. The largest absolute Gasteiger partial charge is 0.397 e. The molecule has 0 unspecified atom stereocenters. The van der Waals surface area contributed by atoms with E-state index in [0.717, 1.165) is 0 Å². The fourth-order valence-corrected chi connectivity index (χ4v) is 1.27. The lowest BCUT2D eigenvalue weighted by atomic mass is 10.3. The van der Waals surface area contributed by atoms with E-state index in [1.165, 1.54) is 0 Å². The predicted molar refractivity (Wildman–Crippen MR) is 60.2 cm³/mol. The van der Waals surface area contributed by atoms with Gasteiger partial charge >= 0.3 is 0 Å². The Morgan fingerprint density at radius 1 is 1.67 bits per heavy atom. The Kier molecular flexibility index (Phi) is 3.81. The van der Waals surface area contributed by atoms with Crippen molar-refractivity contribution in [3.05, 3.63) is 18.0 Å². The van der Waals surface area contributed by atoms with Gasteiger partial charge in [-0.2, -0.15) is 0 Å². The predicted octanol–water partition coefficient (Wildman–Crippen LogP) is 0.751. The number of carbonyl (C=O) groups excluding carboxylic acids is 1. The summed E-state index contributed by atoms with van der Waals surface area (Å²) in [4.78, 5) is 11.6. The fourth-order valence-electron chi connectivity index (χ4n) is 1.27. The van der Waals surface area contributed by atoms with Crippen molar-refractivity contribution in [3.8, 4) is 11.8 Å². The lowest BCUT2D eigenvalue weighted by Gasteiger charge is -2.03. The summed E-state index contributed by atoms with van der Waals surface area (Å²) in [5.41, 5.74) is 6.73. The van der Waals surface area contributed by atoms with Crippen LogP contribution in [0.15, 0.2) is 12.3 Å². The van der Waals surface area contributed by atoms with Gasteiger partial charge in [0.25, 0.3) is 5.91 Å². The highest BCUT2D eigenvalue weighted by Gasteiger charge is 2.09. The molecule has 1 amide bonds. The summed E-state index contributed by atoms with van der Waals surface area (Å²) in [5, 5.41) is 2.77. The summed E-state index contributed by atoms with van der Waals surface area (Å²) in [6, 6.07) is 1.65. The molecule has 0 spiro atoms.